The number of aliphatic imine (C=N–C) groups is 1. The Balaban J connectivity index is 0.00000529. The fourth-order valence-electron chi connectivity index (χ4n) is 1.57. The number of guanidine groups is 1. The molecular formula is C12H20F3IN4O2S2. The lowest BCUT2D eigenvalue weighted by atomic mass is 10.3. The molecule has 0 spiro atoms. The minimum atomic E-state index is -4.45. The number of nitrogens with one attached hydrogen (secondary N) is 2. The van der Waals surface area contributed by atoms with Gasteiger partial charge < -0.3 is 10.6 Å². The number of hydrogen-bond acceptors (Lipinski definition) is 5. The fraction of sp³-hybridized carbons (Fsp3) is 0.667. The van der Waals surface area contributed by atoms with E-state index in [4.69, 9.17) is 0 Å². The highest BCUT2D eigenvalue weighted by Gasteiger charge is 2.33. The van der Waals surface area contributed by atoms with Crippen LogP contribution in [0.5, 0.6) is 0 Å². The fourth-order valence-corrected chi connectivity index (χ4v) is 3.09. The van der Waals surface area contributed by atoms with Crippen molar-refractivity contribution in [2.75, 3.05) is 19.1 Å². The van der Waals surface area contributed by atoms with Crippen molar-refractivity contribution in [3.05, 3.63) is 16.1 Å². The Morgan fingerprint density at radius 2 is 2.08 bits per heavy atom. The lowest BCUT2D eigenvalue weighted by Crippen LogP contribution is -2.42. The predicted molar refractivity (Wildman–Crippen MR) is 99.7 cm³/mol. The van der Waals surface area contributed by atoms with E-state index in [1.807, 2.05) is 0 Å². The number of alkyl halides is 3. The molecule has 0 aliphatic carbocycles. The van der Waals surface area contributed by atoms with Gasteiger partial charge in [-0.2, -0.15) is 13.2 Å². The minimum absolute atomic E-state index is 0. The number of aromatic nitrogens is 1. The molecule has 1 rings (SSSR count). The van der Waals surface area contributed by atoms with Crippen LogP contribution >= 0.6 is 35.3 Å². The third-order valence-corrected chi connectivity index (χ3v) is 4.60. The quantitative estimate of drug-likeness (QED) is 0.356. The van der Waals surface area contributed by atoms with Crippen LogP contribution in [0.25, 0.3) is 0 Å². The second kappa shape index (κ2) is 9.75. The molecule has 12 heteroatoms. The van der Waals surface area contributed by atoms with Crippen molar-refractivity contribution < 1.29 is 21.6 Å². The molecule has 6 nitrogen and oxygen atoms in total. The van der Waals surface area contributed by atoms with Gasteiger partial charge in [0, 0.05) is 24.7 Å². The molecule has 1 aromatic rings. The second-order valence-electron chi connectivity index (χ2n) is 5.01. The molecule has 0 saturated heterocycles. The van der Waals surface area contributed by atoms with Gasteiger partial charge >= 0.3 is 6.18 Å². The molecule has 24 heavy (non-hydrogen) atoms. The average Bonchev–Trinajstić information content (AvgIpc) is 2.89. The van der Waals surface area contributed by atoms with Gasteiger partial charge in [-0.1, -0.05) is 0 Å². The summed E-state index contributed by atoms with van der Waals surface area (Å²) in [6.07, 6.45) is -2.89. The van der Waals surface area contributed by atoms with Crippen LogP contribution in [-0.4, -0.2) is 44.5 Å². The summed E-state index contributed by atoms with van der Waals surface area (Å²) in [4.78, 5) is 7.45. The Morgan fingerprint density at radius 1 is 1.46 bits per heavy atom. The SMILES string of the molecule is CN=C(NCc1nc(C(F)(F)F)cs1)NC(C)CCS(C)(=O)=O.I. The molecule has 1 atom stereocenters. The van der Waals surface area contributed by atoms with Crippen molar-refractivity contribution in [3.63, 3.8) is 0 Å². The van der Waals surface area contributed by atoms with Gasteiger partial charge in [0.1, 0.15) is 14.8 Å². The van der Waals surface area contributed by atoms with Crippen LogP contribution in [0.1, 0.15) is 24.0 Å². The molecule has 140 valence electrons. The first kappa shape index (κ1) is 23.4. The van der Waals surface area contributed by atoms with Gasteiger partial charge in [-0.05, 0) is 13.3 Å². The zero-order valence-electron chi connectivity index (χ0n) is 13.3. The molecule has 0 amide bonds. The van der Waals surface area contributed by atoms with E-state index in [-0.39, 0.29) is 47.3 Å². The number of thiazole rings is 1. The van der Waals surface area contributed by atoms with Crippen molar-refractivity contribution in [3.8, 4) is 0 Å². The summed E-state index contributed by atoms with van der Waals surface area (Å²) in [6, 6.07) is -0.155. The second-order valence-corrected chi connectivity index (χ2v) is 8.22. The summed E-state index contributed by atoms with van der Waals surface area (Å²) in [6.45, 7) is 1.89. The van der Waals surface area contributed by atoms with Gasteiger partial charge in [-0.15, -0.1) is 35.3 Å². The summed E-state index contributed by atoms with van der Waals surface area (Å²) in [7, 11) is -1.53. The standard InChI is InChI=1S/C12H19F3N4O2S2.HI/c1-8(4-5-23(3,20)21)18-11(16-2)17-6-10-19-9(7-22-10)12(13,14)15;/h7-8H,4-6H2,1-3H3,(H2,16,17,18);1H. The number of rotatable bonds is 6. The molecule has 0 bridgehead atoms. The van der Waals surface area contributed by atoms with Crippen LogP contribution in [0.15, 0.2) is 10.4 Å². The monoisotopic (exact) mass is 500 g/mol. The van der Waals surface area contributed by atoms with Gasteiger partial charge in [0.25, 0.3) is 0 Å². The Labute approximate surface area is 160 Å². The van der Waals surface area contributed by atoms with Crippen molar-refractivity contribution in [2.45, 2.75) is 32.1 Å². The first-order chi connectivity index (χ1) is 10.5. The maximum absolute atomic E-state index is 12.5. The van der Waals surface area contributed by atoms with Gasteiger partial charge in [-0.25, -0.2) is 13.4 Å². The highest BCUT2D eigenvalue weighted by Crippen LogP contribution is 2.29. The van der Waals surface area contributed by atoms with E-state index in [0.29, 0.717) is 12.4 Å². The van der Waals surface area contributed by atoms with Gasteiger partial charge in [0.15, 0.2) is 11.7 Å². The van der Waals surface area contributed by atoms with Crippen molar-refractivity contribution in [1.82, 2.24) is 15.6 Å². The lowest BCUT2D eigenvalue weighted by Gasteiger charge is -2.17. The predicted octanol–water partition coefficient (Wildman–Crippen LogP) is 2.27. The van der Waals surface area contributed by atoms with Crippen molar-refractivity contribution in [2.24, 2.45) is 4.99 Å². The Morgan fingerprint density at radius 3 is 2.54 bits per heavy atom. The van der Waals surface area contributed by atoms with Crippen LogP contribution in [0, 0.1) is 0 Å². The zero-order chi connectivity index (χ0) is 17.7. The number of halogens is 4. The molecule has 1 unspecified atom stereocenters. The van der Waals surface area contributed by atoms with Gasteiger partial charge in [-0.3, -0.25) is 4.99 Å². The highest BCUT2D eigenvalue weighted by molar-refractivity contribution is 14.0. The molecule has 1 heterocycles. The molecule has 2 N–H and O–H groups in total. The molecule has 1 aromatic heterocycles. The van der Waals surface area contributed by atoms with E-state index in [2.05, 4.69) is 20.6 Å². The first-order valence-electron chi connectivity index (χ1n) is 6.68. The summed E-state index contributed by atoms with van der Waals surface area (Å²) in [5, 5.41) is 7.07. The third-order valence-electron chi connectivity index (χ3n) is 2.78. The van der Waals surface area contributed by atoms with E-state index in [0.717, 1.165) is 23.0 Å². The van der Waals surface area contributed by atoms with E-state index >= 15 is 0 Å². The third kappa shape index (κ3) is 9.01. The van der Waals surface area contributed by atoms with Crippen LogP contribution < -0.4 is 10.6 Å². The van der Waals surface area contributed by atoms with Crippen LogP contribution in [0.4, 0.5) is 13.2 Å². The number of hydrogen-bond donors (Lipinski definition) is 2. The van der Waals surface area contributed by atoms with Crippen molar-refractivity contribution >= 4 is 51.1 Å². The summed E-state index contributed by atoms with van der Waals surface area (Å²) in [5.74, 6) is 0.411. The maximum atomic E-state index is 12.5. The van der Waals surface area contributed by atoms with Crippen LogP contribution in [-0.2, 0) is 22.6 Å². The summed E-state index contributed by atoms with van der Waals surface area (Å²) < 4.78 is 59.6. The van der Waals surface area contributed by atoms with E-state index in [1.165, 1.54) is 7.05 Å². The molecule has 0 saturated carbocycles. The van der Waals surface area contributed by atoms with Crippen LogP contribution in [0.2, 0.25) is 0 Å². The number of sulfone groups is 1. The minimum Gasteiger partial charge on any atom is -0.354 e. The Kier molecular flexibility index (Phi) is 9.49. The number of nitrogens with zero attached hydrogens (tertiary/aromatic N) is 2. The largest absolute Gasteiger partial charge is 0.434 e. The summed E-state index contributed by atoms with van der Waals surface area (Å²) >= 11 is 0.906. The van der Waals surface area contributed by atoms with Crippen LogP contribution in [0.3, 0.4) is 0 Å². The lowest BCUT2D eigenvalue weighted by molar-refractivity contribution is -0.140. The van der Waals surface area contributed by atoms with E-state index < -0.39 is 21.7 Å². The molecule has 0 aliphatic heterocycles. The van der Waals surface area contributed by atoms with E-state index in [1.54, 1.807) is 6.92 Å². The Bertz CT molecular complexity index is 647. The Hall–Kier alpha value is -0.630. The maximum Gasteiger partial charge on any atom is 0.434 e. The zero-order valence-corrected chi connectivity index (χ0v) is 17.3. The first-order valence-corrected chi connectivity index (χ1v) is 9.62. The smallest absolute Gasteiger partial charge is 0.354 e. The van der Waals surface area contributed by atoms with Gasteiger partial charge in [0.05, 0.1) is 12.3 Å². The van der Waals surface area contributed by atoms with Crippen molar-refractivity contribution in [1.29, 1.82) is 0 Å². The molecule has 0 radical (unpaired) electrons. The normalized spacial score (nSPS) is 14.0. The molecular weight excluding hydrogens is 480 g/mol. The topological polar surface area (TPSA) is 83.4 Å². The van der Waals surface area contributed by atoms with E-state index in [9.17, 15) is 21.6 Å². The molecule has 0 aliphatic rings. The summed E-state index contributed by atoms with van der Waals surface area (Å²) in [5.41, 5.74) is -0.913. The molecule has 0 fully saturated rings. The highest BCUT2D eigenvalue weighted by atomic mass is 127. The molecule has 0 aromatic carbocycles. The average molecular weight is 500 g/mol. The van der Waals surface area contributed by atoms with Gasteiger partial charge in [0.2, 0.25) is 0 Å².